The third kappa shape index (κ3) is 1.60. The molecule has 0 aromatic carbocycles. The average molecular weight is 124 g/mol. The van der Waals surface area contributed by atoms with E-state index in [1.54, 1.807) is 12.3 Å². The van der Waals surface area contributed by atoms with E-state index < -0.39 is 0 Å². The van der Waals surface area contributed by atoms with Gasteiger partial charge in [0, 0.05) is 12.5 Å². The van der Waals surface area contributed by atoms with Crippen LogP contribution in [0.4, 0.5) is 0 Å². The number of rotatable bonds is 2. The Labute approximate surface area is 53.1 Å². The van der Waals surface area contributed by atoms with E-state index in [-0.39, 0.29) is 0 Å². The molecule has 0 amide bonds. The molecule has 3 nitrogen and oxygen atoms in total. The molecule has 0 fully saturated rings. The lowest BCUT2D eigenvalue weighted by atomic mass is 10.3. The zero-order chi connectivity index (χ0) is 6.53. The van der Waals surface area contributed by atoms with Gasteiger partial charge >= 0.3 is 0 Å². The lowest BCUT2D eigenvalue weighted by Crippen LogP contribution is -1.81. The third-order valence-corrected chi connectivity index (χ3v) is 0.954. The predicted molar refractivity (Wildman–Crippen MR) is 33.5 cm³/mol. The van der Waals surface area contributed by atoms with Crippen molar-refractivity contribution >= 4 is 0 Å². The van der Waals surface area contributed by atoms with E-state index in [1.165, 1.54) is 6.20 Å². The summed E-state index contributed by atoms with van der Waals surface area (Å²) >= 11 is 0. The number of hydrogen-bond acceptors (Lipinski definition) is 3. The van der Waals surface area contributed by atoms with Crippen molar-refractivity contribution in [2.75, 3.05) is 0 Å². The molecule has 0 atom stereocenters. The molecule has 48 valence electrons. The molecule has 3 heteroatoms. The van der Waals surface area contributed by atoms with E-state index in [0.29, 0.717) is 0 Å². The lowest BCUT2D eigenvalue weighted by Gasteiger charge is -1.80. The fourth-order valence-corrected chi connectivity index (χ4v) is 0.532. The topological polar surface area (TPSA) is 52.0 Å². The van der Waals surface area contributed by atoms with Gasteiger partial charge in [0.25, 0.3) is 0 Å². The summed E-state index contributed by atoms with van der Waals surface area (Å²) in [5.41, 5.74) is 6.01. The molecule has 0 radical (unpaired) electrons. The third-order valence-electron chi connectivity index (χ3n) is 0.954. The summed E-state index contributed by atoms with van der Waals surface area (Å²) in [6.45, 7) is 0. The molecule has 1 rings (SSSR count). The summed E-state index contributed by atoms with van der Waals surface area (Å²) in [5, 5.41) is 3.67. The van der Waals surface area contributed by atoms with Crippen LogP contribution in [-0.2, 0) is 6.42 Å². The van der Waals surface area contributed by atoms with Crippen molar-refractivity contribution < 1.29 is 4.52 Å². The monoisotopic (exact) mass is 124 g/mol. The minimum absolute atomic E-state index is 0.743. The summed E-state index contributed by atoms with van der Waals surface area (Å²) in [4.78, 5) is 0. The van der Waals surface area contributed by atoms with Crippen molar-refractivity contribution in [3.05, 3.63) is 30.3 Å². The molecule has 0 aliphatic rings. The van der Waals surface area contributed by atoms with Gasteiger partial charge in [-0.05, 0) is 6.20 Å². The van der Waals surface area contributed by atoms with Crippen LogP contribution in [0, 0.1) is 0 Å². The second-order valence-electron chi connectivity index (χ2n) is 1.62. The second kappa shape index (κ2) is 2.91. The van der Waals surface area contributed by atoms with Gasteiger partial charge in [-0.3, -0.25) is 0 Å². The molecule has 1 aromatic heterocycles. The van der Waals surface area contributed by atoms with Crippen LogP contribution in [0.3, 0.4) is 0 Å². The van der Waals surface area contributed by atoms with Crippen LogP contribution in [0.1, 0.15) is 5.69 Å². The fourth-order valence-electron chi connectivity index (χ4n) is 0.532. The van der Waals surface area contributed by atoms with Crippen LogP contribution >= 0.6 is 0 Å². The van der Waals surface area contributed by atoms with Gasteiger partial charge in [-0.2, -0.15) is 0 Å². The lowest BCUT2D eigenvalue weighted by molar-refractivity contribution is 0.413. The Balaban J connectivity index is 2.48. The van der Waals surface area contributed by atoms with Crippen LogP contribution < -0.4 is 5.73 Å². The summed E-state index contributed by atoms with van der Waals surface area (Å²) in [7, 11) is 0. The number of aromatic nitrogens is 1. The van der Waals surface area contributed by atoms with Crippen molar-refractivity contribution in [1.29, 1.82) is 0 Å². The van der Waals surface area contributed by atoms with Gasteiger partial charge in [-0.25, -0.2) is 0 Å². The Morgan fingerprint density at radius 2 is 2.67 bits per heavy atom. The van der Waals surface area contributed by atoms with Crippen molar-refractivity contribution in [3.8, 4) is 0 Å². The smallest absolute Gasteiger partial charge is 0.124 e. The van der Waals surface area contributed by atoms with Crippen LogP contribution in [-0.4, -0.2) is 5.16 Å². The van der Waals surface area contributed by atoms with E-state index in [0.717, 1.165) is 12.1 Å². The van der Waals surface area contributed by atoms with Crippen molar-refractivity contribution in [2.24, 2.45) is 5.73 Å². The molecule has 2 N–H and O–H groups in total. The number of nitrogens with zero attached hydrogens (tertiary/aromatic N) is 1. The zero-order valence-electron chi connectivity index (χ0n) is 4.95. The van der Waals surface area contributed by atoms with Gasteiger partial charge in [0.2, 0.25) is 0 Å². The van der Waals surface area contributed by atoms with Gasteiger partial charge in [0.15, 0.2) is 0 Å². The predicted octanol–water partition coefficient (Wildman–Crippen LogP) is 0.690. The van der Waals surface area contributed by atoms with Gasteiger partial charge in [-0.15, -0.1) is 0 Å². The minimum atomic E-state index is 0.743. The standard InChI is InChI=1S/C6H8N2O/c7-4-1-2-6-3-5-9-8-6/h1,3-5H,2,7H2. The van der Waals surface area contributed by atoms with Crippen LogP contribution in [0.15, 0.2) is 29.1 Å². The largest absolute Gasteiger partial charge is 0.405 e. The maximum absolute atomic E-state index is 5.11. The normalized spacial score (nSPS) is 10.7. The molecule has 0 unspecified atom stereocenters. The maximum atomic E-state index is 5.11. The second-order valence-corrected chi connectivity index (χ2v) is 1.62. The van der Waals surface area contributed by atoms with Gasteiger partial charge in [0.1, 0.15) is 6.26 Å². The van der Waals surface area contributed by atoms with E-state index in [4.69, 9.17) is 5.73 Å². The Morgan fingerprint density at radius 1 is 1.78 bits per heavy atom. The van der Waals surface area contributed by atoms with Crippen LogP contribution in [0.5, 0.6) is 0 Å². The van der Waals surface area contributed by atoms with Crippen LogP contribution in [0.25, 0.3) is 0 Å². The Kier molecular flexibility index (Phi) is 1.90. The van der Waals surface area contributed by atoms with Gasteiger partial charge < -0.3 is 10.3 Å². The Bertz CT molecular complexity index is 179. The first-order valence-corrected chi connectivity index (χ1v) is 2.69. The Morgan fingerprint density at radius 3 is 3.22 bits per heavy atom. The van der Waals surface area contributed by atoms with E-state index in [2.05, 4.69) is 9.68 Å². The highest BCUT2D eigenvalue weighted by Gasteiger charge is 1.89. The summed E-state index contributed by atoms with van der Waals surface area (Å²) in [5.74, 6) is 0. The Hall–Kier alpha value is -1.25. The molecule has 1 heterocycles. The van der Waals surface area contributed by atoms with Crippen molar-refractivity contribution in [2.45, 2.75) is 6.42 Å². The molecule has 9 heavy (non-hydrogen) atoms. The molecule has 0 spiro atoms. The highest BCUT2D eigenvalue weighted by molar-refractivity contribution is 5.01. The highest BCUT2D eigenvalue weighted by Crippen LogP contribution is 1.94. The molecule has 1 aromatic rings. The van der Waals surface area contributed by atoms with Crippen LogP contribution in [0.2, 0.25) is 0 Å². The summed E-state index contributed by atoms with van der Waals surface area (Å²) in [6.07, 6.45) is 5.60. The minimum Gasteiger partial charge on any atom is -0.405 e. The molecular weight excluding hydrogens is 116 g/mol. The first-order chi connectivity index (χ1) is 4.43. The van der Waals surface area contributed by atoms with Crippen molar-refractivity contribution in [3.63, 3.8) is 0 Å². The molecule has 0 aliphatic heterocycles. The number of allylic oxidation sites excluding steroid dienone is 1. The summed E-state index contributed by atoms with van der Waals surface area (Å²) < 4.78 is 4.59. The number of nitrogens with two attached hydrogens (primary N) is 1. The average Bonchev–Trinajstić information content (AvgIpc) is 2.34. The SMILES string of the molecule is NC=CCc1ccon1. The maximum Gasteiger partial charge on any atom is 0.124 e. The number of hydrogen-bond donors (Lipinski definition) is 1. The molecular formula is C6H8N2O. The van der Waals surface area contributed by atoms with Gasteiger partial charge in [0.05, 0.1) is 5.69 Å². The highest BCUT2D eigenvalue weighted by atomic mass is 16.5. The molecule has 0 saturated carbocycles. The quantitative estimate of drug-likeness (QED) is 0.631. The van der Waals surface area contributed by atoms with Crippen molar-refractivity contribution in [1.82, 2.24) is 5.16 Å². The van der Waals surface area contributed by atoms with E-state index in [9.17, 15) is 0 Å². The first-order valence-electron chi connectivity index (χ1n) is 2.69. The first kappa shape index (κ1) is 5.88. The molecule has 0 aliphatic carbocycles. The fraction of sp³-hybridized carbons (Fsp3) is 0.167. The van der Waals surface area contributed by atoms with E-state index >= 15 is 0 Å². The van der Waals surface area contributed by atoms with E-state index in [1.807, 2.05) is 6.08 Å². The summed E-state index contributed by atoms with van der Waals surface area (Å²) in [6, 6.07) is 1.81. The van der Waals surface area contributed by atoms with Gasteiger partial charge in [-0.1, -0.05) is 11.2 Å². The molecule has 0 saturated heterocycles. The molecule has 0 bridgehead atoms. The zero-order valence-corrected chi connectivity index (χ0v) is 4.95.